The maximum absolute atomic E-state index is 11.2. The first kappa shape index (κ1) is 12.2. The summed E-state index contributed by atoms with van der Waals surface area (Å²) in [6, 6.07) is 3.48. The highest BCUT2D eigenvalue weighted by atomic mass is 16.4. The second kappa shape index (κ2) is 5.35. The zero-order valence-corrected chi connectivity index (χ0v) is 10.00. The van der Waals surface area contributed by atoms with Crippen molar-refractivity contribution >= 4 is 5.97 Å². The van der Waals surface area contributed by atoms with E-state index in [1.54, 1.807) is 30.7 Å². The van der Waals surface area contributed by atoms with E-state index in [1.807, 2.05) is 6.92 Å². The molecule has 0 saturated heterocycles. The lowest BCUT2D eigenvalue weighted by atomic mass is 10.1. The third kappa shape index (κ3) is 2.51. The van der Waals surface area contributed by atoms with E-state index in [2.05, 4.69) is 15.0 Å². The van der Waals surface area contributed by atoms with Crippen molar-refractivity contribution in [3.05, 3.63) is 42.2 Å². The van der Waals surface area contributed by atoms with Crippen LogP contribution in [0.4, 0.5) is 0 Å². The molecular weight excluding hydrogens is 230 g/mol. The van der Waals surface area contributed by atoms with Crippen LogP contribution >= 0.6 is 0 Å². The van der Waals surface area contributed by atoms with Gasteiger partial charge in [0.05, 0.1) is 0 Å². The number of aromatic nitrogens is 3. The molecule has 2 aromatic rings. The van der Waals surface area contributed by atoms with Gasteiger partial charge in [0.1, 0.15) is 5.82 Å². The quantitative estimate of drug-likeness (QED) is 0.890. The fraction of sp³-hybridized carbons (Fsp3) is 0.231. The summed E-state index contributed by atoms with van der Waals surface area (Å²) < 4.78 is 0. The van der Waals surface area contributed by atoms with Gasteiger partial charge in [-0.05, 0) is 24.1 Å². The van der Waals surface area contributed by atoms with Gasteiger partial charge in [-0.1, -0.05) is 6.92 Å². The molecule has 0 amide bonds. The predicted octanol–water partition coefficient (Wildman–Crippen LogP) is 2.19. The first-order chi connectivity index (χ1) is 8.72. The molecule has 0 bridgehead atoms. The third-order valence-corrected chi connectivity index (χ3v) is 2.51. The maximum Gasteiger partial charge on any atom is 0.355 e. The molecule has 5 nitrogen and oxygen atoms in total. The van der Waals surface area contributed by atoms with E-state index in [0.717, 1.165) is 12.0 Å². The highest BCUT2D eigenvalue weighted by molar-refractivity contribution is 5.93. The summed E-state index contributed by atoms with van der Waals surface area (Å²) in [4.78, 5) is 23.5. The van der Waals surface area contributed by atoms with Crippen LogP contribution in [0.3, 0.4) is 0 Å². The molecule has 2 rings (SSSR count). The second-order valence-electron chi connectivity index (χ2n) is 3.84. The van der Waals surface area contributed by atoms with Crippen molar-refractivity contribution in [2.24, 2.45) is 0 Å². The Morgan fingerprint density at radius 3 is 2.67 bits per heavy atom. The number of pyridine rings is 1. The van der Waals surface area contributed by atoms with E-state index in [0.29, 0.717) is 17.8 Å². The van der Waals surface area contributed by atoms with Crippen LogP contribution in [-0.4, -0.2) is 26.0 Å². The van der Waals surface area contributed by atoms with Crippen molar-refractivity contribution in [1.29, 1.82) is 0 Å². The van der Waals surface area contributed by atoms with Crippen molar-refractivity contribution in [3.63, 3.8) is 0 Å². The van der Waals surface area contributed by atoms with Gasteiger partial charge in [0, 0.05) is 30.6 Å². The van der Waals surface area contributed by atoms with Gasteiger partial charge in [0.15, 0.2) is 5.69 Å². The number of hydrogen-bond acceptors (Lipinski definition) is 4. The molecule has 18 heavy (non-hydrogen) atoms. The molecule has 0 spiro atoms. The molecule has 92 valence electrons. The van der Waals surface area contributed by atoms with Gasteiger partial charge in [0.25, 0.3) is 0 Å². The molecule has 0 radical (unpaired) electrons. The molecule has 0 aliphatic heterocycles. The van der Waals surface area contributed by atoms with Crippen LogP contribution in [0.1, 0.15) is 29.7 Å². The largest absolute Gasteiger partial charge is 0.476 e. The molecule has 5 heteroatoms. The van der Waals surface area contributed by atoms with Gasteiger partial charge < -0.3 is 5.11 Å². The Labute approximate surface area is 105 Å². The van der Waals surface area contributed by atoms with Crippen LogP contribution < -0.4 is 0 Å². The standard InChI is InChI=1S/C13H13N3O2/c1-2-3-11-15-8-10(12(16-11)13(17)18)9-4-6-14-7-5-9/h4-8H,2-3H2,1H3,(H,17,18). The van der Waals surface area contributed by atoms with Crippen molar-refractivity contribution in [1.82, 2.24) is 15.0 Å². The first-order valence-electron chi connectivity index (χ1n) is 5.72. The summed E-state index contributed by atoms with van der Waals surface area (Å²) in [5.41, 5.74) is 1.31. The van der Waals surface area contributed by atoms with Crippen LogP contribution in [0.25, 0.3) is 11.1 Å². The Hall–Kier alpha value is -2.30. The second-order valence-corrected chi connectivity index (χ2v) is 3.84. The molecule has 0 unspecified atom stereocenters. The number of aryl methyl sites for hydroxylation is 1. The normalized spacial score (nSPS) is 10.3. The fourth-order valence-electron chi connectivity index (χ4n) is 1.67. The summed E-state index contributed by atoms with van der Waals surface area (Å²) in [5.74, 6) is -0.478. The minimum atomic E-state index is -1.04. The molecule has 2 heterocycles. The van der Waals surface area contributed by atoms with E-state index in [4.69, 9.17) is 0 Å². The lowest BCUT2D eigenvalue weighted by Crippen LogP contribution is -2.07. The van der Waals surface area contributed by atoms with E-state index in [9.17, 15) is 9.90 Å². The van der Waals surface area contributed by atoms with Crippen molar-refractivity contribution < 1.29 is 9.90 Å². The number of aromatic carboxylic acids is 1. The summed E-state index contributed by atoms with van der Waals surface area (Å²) in [6.45, 7) is 2.00. The number of carbonyl (C=O) groups is 1. The maximum atomic E-state index is 11.2. The molecule has 0 atom stereocenters. The first-order valence-corrected chi connectivity index (χ1v) is 5.72. The molecule has 0 saturated carbocycles. The van der Waals surface area contributed by atoms with E-state index in [-0.39, 0.29) is 5.69 Å². The van der Waals surface area contributed by atoms with Crippen LogP contribution in [-0.2, 0) is 6.42 Å². The fourth-order valence-corrected chi connectivity index (χ4v) is 1.67. The Morgan fingerprint density at radius 1 is 1.33 bits per heavy atom. The Balaban J connectivity index is 2.51. The molecule has 2 aromatic heterocycles. The highest BCUT2D eigenvalue weighted by Gasteiger charge is 2.15. The lowest BCUT2D eigenvalue weighted by Gasteiger charge is -2.06. The smallest absolute Gasteiger partial charge is 0.355 e. The highest BCUT2D eigenvalue weighted by Crippen LogP contribution is 2.21. The summed E-state index contributed by atoms with van der Waals surface area (Å²) in [5, 5.41) is 9.21. The monoisotopic (exact) mass is 243 g/mol. The Bertz CT molecular complexity index is 555. The van der Waals surface area contributed by atoms with Gasteiger partial charge in [-0.15, -0.1) is 0 Å². The van der Waals surface area contributed by atoms with Gasteiger partial charge in [-0.2, -0.15) is 0 Å². The number of rotatable bonds is 4. The molecule has 0 aliphatic carbocycles. The molecule has 0 aliphatic rings. The van der Waals surface area contributed by atoms with Crippen molar-refractivity contribution in [3.8, 4) is 11.1 Å². The minimum absolute atomic E-state index is 0.0413. The van der Waals surface area contributed by atoms with Crippen LogP contribution in [0, 0.1) is 0 Å². The predicted molar refractivity (Wildman–Crippen MR) is 66.2 cm³/mol. The SMILES string of the molecule is CCCc1ncc(-c2ccncc2)c(C(=O)O)n1. The zero-order valence-electron chi connectivity index (χ0n) is 10.00. The number of nitrogens with zero attached hydrogens (tertiary/aromatic N) is 3. The average Bonchev–Trinajstić information content (AvgIpc) is 2.40. The van der Waals surface area contributed by atoms with Gasteiger partial charge in [0.2, 0.25) is 0 Å². The summed E-state index contributed by atoms with van der Waals surface area (Å²) in [7, 11) is 0. The molecule has 0 aromatic carbocycles. The zero-order chi connectivity index (χ0) is 13.0. The number of carboxylic acid groups (broad SMARTS) is 1. The van der Waals surface area contributed by atoms with Gasteiger partial charge >= 0.3 is 5.97 Å². The summed E-state index contributed by atoms with van der Waals surface area (Å²) >= 11 is 0. The van der Waals surface area contributed by atoms with Crippen molar-refractivity contribution in [2.45, 2.75) is 19.8 Å². The Morgan fingerprint density at radius 2 is 2.06 bits per heavy atom. The van der Waals surface area contributed by atoms with Gasteiger partial charge in [-0.3, -0.25) is 4.98 Å². The van der Waals surface area contributed by atoms with Gasteiger partial charge in [-0.25, -0.2) is 14.8 Å². The van der Waals surface area contributed by atoms with E-state index < -0.39 is 5.97 Å². The average molecular weight is 243 g/mol. The minimum Gasteiger partial charge on any atom is -0.476 e. The third-order valence-electron chi connectivity index (χ3n) is 2.51. The molecular formula is C13H13N3O2. The van der Waals surface area contributed by atoms with Crippen LogP contribution in [0.15, 0.2) is 30.7 Å². The summed E-state index contributed by atoms with van der Waals surface area (Å²) in [6.07, 6.45) is 6.35. The van der Waals surface area contributed by atoms with Crippen LogP contribution in [0.2, 0.25) is 0 Å². The van der Waals surface area contributed by atoms with Crippen molar-refractivity contribution in [2.75, 3.05) is 0 Å². The molecule has 0 fully saturated rings. The topological polar surface area (TPSA) is 76.0 Å². The van der Waals surface area contributed by atoms with Crippen LogP contribution in [0.5, 0.6) is 0 Å². The lowest BCUT2D eigenvalue weighted by molar-refractivity contribution is 0.0691. The molecule has 1 N–H and O–H groups in total. The Kier molecular flexibility index (Phi) is 3.62. The number of carboxylic acids is 1. The number of hydrogen-bond donors (Lipinski definition) is 1. The van der Waals surface area contributed by atoms with E-state index in [1.165, 1.54) is 0 Å². The van der Waals surface area contributed by atoms with E-state index >= 15 is 0 Å².